The van der Waals surface area contributed by atoms with Crippen molar-refractivity contribution in [1.29, 1.82) is 5.26 Å². The number of unbranched alkanes of at least 4 members (excludes halogenated alkanes) is 3. The third-order valence-electron chi connectivity index (χ3n) is 8.27. The summed E-state index contributed by atoms with van der Waals surface area (Å²) in [6, 6.07) is 8.98. The zero-order chi connectivity index (χ0) is 24.8. The molecule has 2 bridgehead atoms. The van der Waals surface area contributed by atoms with Crippen LogP contribution in [0.2, 0.25) is 0 Å². The first kappa shape index (κ1) is 22.8. The molecule has 0 spiro atoms. The molecule has 184 valence electrons. The second-order valence-electron chi connectivity index (χ2n) is 10.9. The number of fused-ring (bicyclic) bond motifs is 1. The van der Waals surface area contributed by atoms with Gasteiger partial charge in [0.15, 0.2) is 0 Å². The maximum Gasteiger partial charge on any atom is 0.249 e. The van der Waals surface area contributed by atoms with E-state index in [-0.39, 0.29) is 23.2 Å². The third kappa shape index (κ3) is 3.97. The maximum absolute atomic E-state index is 13.6. The van der Waals surface area contributed by atoms with Crippen LogP contribution in [0.25, 0.3) is 10.9 Å². The number of hydrazone groups is 1. The SMILES string of the molecule is N#Cc1ccc2nn(CCCCCCC34CC(C(=O)N5N=CCC5c5cncc(F)c5)(C3)C4)cc2c1. The lowest BCUT2D eigenvalue weighted by atomic mass is 9.33. The van der Waals surface area contributed by atoms with Crippen LogP contribution in [-0.4, -0.2) is 31.9 Å². The van der Waals surface area contributed by atoms with Crippen LogP contribution in [-0.2, 0) is 11.3 Å². The molecule has 3 heterocycles. The number of benzene rings is 1. The molecule has 3 saturated carbocycles. The second-order valence-corrected chi connectivity index (χ2v) is 10.9. The quantitative estimate of drug-likeness (QED) is 0.374. The van der Waals surface area contributed by atoms with Gasteiger partial charge in [0.2, 0.25) is 5.91 Å². The van der Waals surface area contributed by atoms with Crippen LogP contribution in [0.5, 0.6) is 0 Å². The van der Waals surface area contributed by atoms with Crippen LogP contribution < -0.4 is 0 Å². The zero-order valence-corrected chi connectivity index (χ0v) is 20.2. The number of carbonyl (C=O) groups excluding carboxylic acids is 1. The minimum atomic E-state index is -0.386. The molecule has 1 atom stereocenters. The maximum atomic E-state index is 13.6. The lowest BCUT2D eigenvalue weighted by molar-refractivity contribution is -0.220. The Bertz CT molecular complexity index is 1370. The zero-order valence-electron chi connectivity index (χ0n) is 20.2. The van der Waals surface area contributed by atoms with E-state index in [0.717, 1.165) is 49.6 Å². The fraction of sp³-hybridized carbons (Fsp3) is 0.464. The van der Waals surface area contributed by atoms with E-state index in [9.17, 15) is 9.18 Å². The van der Waals surface area contributed by atoms with Gasteiger partial charge in [-0.15, -0.1) is 0 Å². The van der Waals surface area contributed by atoms with Gasteiger partial charge in [0, 0.05) is 37.0 Å². The third-order valence-corrected chi connectivity index (χ3v) is 8.27. The van der Waals surface area contributed by atoms with Crippen molar-refractivity contribution in [3.63, 3.8) is 0 Å². The molecular weight excluding hydrogens is 455 g/mol. The summed E-state index contributed by atoms with van der Waals surface area (Å²) in [5.41, 5.74) is 2.38. The Morgan fingerprint density at radius 3 is 2.78 bits per heavy atom. The van der Waals surface area contributed by atoms with Crippen molar-refractivity contribution in [2.24, 2.45) is 15.9 Å². The average molecular weight is 485 g/mol. The van der Waals surface area contributed by atoms with E-state index in [1.807, 2.05) is 23.0 Å². The highest BCUT2D eigenvalue weighted by atomic mass is 19.1. The second kappa shape index (κ2) is 8.81. The summed E-state index contributed by atoms with van der Waals surface area (Å²) in [5, 5.41) is 20.6. The van der Waals surface area contributed by atoms with Crippen molar-refractivity contribution < 1.29 is 9.18 Å². The molecule has 7 rings (SSSR count). The normalized spacial score (nSPS) is 26.0. The fourth-order valence-corrected chi connectivity index (χ4v) is 6.62. The van der Waals surface area contributed by atoms with Crippen LogP contribution in [0.15, 0.2) is 48.0 Å². The molecule has 36 heavy (non-hydrogen) atoms. The number of hydrogen-bond donors (Lipinski definition) is 0. The minimum absolute atomic E-state index is 0.0980. The standard InChI is InChI=1S/C28H29FN6O/c29-23-12-21(14-31-15-23)25-7-9-32-35(25)26(36)28-17-27(18-28,19-28)8-3-1-2-4-10-34-16-22-11-20(13-30)5-6-24(22)33-34/h5-6,9,11-12,14-16,25H,1-4,7-8,10,17-19H2. The van der Waals surface area contributed by atoms with E-state index in [4.69, 9.17) is 5.26 Å². The van der Waals surface area contributed by atoms with Crippen molar-refractivity contribution in [3.05, 3.63) is 59.8 Å². The van der Waals surface area contributed by atoms with Crippen molar-refractivity contribution in [1.82, 2.24) is 19.8 Å². The topological polar surface area (TPSA) is 87.2 Å². The first-order valence-corrected chi connectivity index (χ1v) is 12.8. The van der Waals surface area contributed by atoms with Crippen molar-refractivity contribution in [3.8, 4) is 6.07 Å². The van der Waals surface area contributed by atoms with Gasteiger partial charge in [0.25, 0.3) is 0 Å². The van der Waals surface area contributed by atoms with E-state index in [2.05, 4.69) is 21.3 Å². The largest absolute Gasteiger partial charge is 0.272 e. The van der Waals surface area contributed by atoms with Crippen LogP contribution in [0.4, 0.5) is 4.39 Å². The van der Waals surface area contributed by atoms with Gasteiger partial charge in [-0.25, -0.2) is 9.40 Å². The number of carbonyl (C=O) groups is 1. The molecule has 4 aliphatic rings. The molecule has 0 N–H and O–H groups in total. The van der Waals surface area contributed by atoms with Gasteiger partial charge < -0.3 is 0 Å². The Hall–Kier alpha value is -3.60. The number of rotatable bonds is 9. The van der Waals surface area contributed by atoms with Gasteiger partial charge in [0.05, 0.1) is 34.8 Å². The predicted molar refractivity (Wildman–Crippen MR) is 133 cm³/mol. The average Bonchev–Trinajstić information content (AvgIpc) is 3.47. The molecule has 7 nitrogen and oxygen atoms in total. The molecule has 1 aromatic carbocycles. The van der Waals surface area contributed by atoms with Gasteiger partial charge >= 0.3 is 0 Å². The Morgan fingerprint density at radius 2 is 1.97 bits per heavy atom. The highest BCUT2D eigenvalue weighted by molar-refractivity contribution is 5.88. The Kier molecular flexibility index (Phi) is 5.59. The first-order chi connectivity index (χ1) is 17.5. The number of pyridine rings is 1. The highest BCUT2D eigenvalue weighted by Crippen LogP contribution is 2.76. The smallest absolute Gasteiger partial charge is 0.249 e. The van der Waals surface area contributed by atoms with Crippen molar-refractivity contribution in [2.45, 2.75) is 70.4 Å². The van der Waals surface area contributed by atoms with Crippen LogP contribution in [0.3, 0.4) is 0 Å². The van der Waals surface area contributed by atoms with Crippen LogP contribution in [0.1, 0.15) is 75.0 Å². The number of amides is 1. The first-order valence-electron chi connectivity index (χ1n) is 12.8. The number of nitriles is 1. The number of aromatic nitrogens is 3. The molecule has 1 unspecified atom stereocenters. The lowest BCUT2D eigenvalue weighted by Crippen LogP contribution is -2.67. The molecule has 3 aromatic rings. The van der Waals surface area contributed by atoms with Crippen molar-refractivity contribution >= 4 is 23.0 Å². The van der Waals surface area contributed by atoms with E-state index >= 15 is 0 Å². The highest BCUT2D eigenvalue weighted by Gasteiger charge is 2.71. The van der Waals surface area contributed by atoms with Gasteiger partial charge in [-0.05, 0) is 67.3 Å². The summed E-state index contributed by atoms with van der Waals surface area (Å²) in [6.07, 6.45) is 15.9. The van der Waals surface area contributed by atoms with Crippen molar-refractivity contribution in [2.75, 3.05) is 0 Å². The Labute approximate surface area is 209 Å². The molecule has 8 heteroatoms. The Balaban J connectivity index is 0.932. The van der Waals surface area contributed by atoms with Crippen LogP contribution in [0, 0.1) is 28.0 Å². The van der Waals surface area contributed by atoms with E-state index in [1.54, 1.807) is 23.5 Å². The molecular formula is C28H29FN6O. The van der Waals surface area contributed by atoms with E-state index < -0.39 is 0 Å². The molecule has 3 aliphatic carbocycles. The number of nitrogens with zero attached hydrogens (tertiary/aromatic N) is 6. The molecule has 0 saturated heterocycles. The summed E-state index contributed by atoms with van der Waals surface area (Å²) in [7, 11) is 0. The summed E-state index contributed by atoms with van der Waals surface area (Å²) in [4.78, 5) is 17.3. The monoisotopic (exact) mass is 484 g/mol. The van der Waals surface area contributed by atoms with E-state index in [1.165, 1.54) is 31.5 Å². The molecule has 2 aromatic heterocycles. The lowest BCUT2D eigenvalue weighted by Gasteiger charge is -2.70. The number of hydrogen-bond acceptors (Lipinski definition) is 5. The molecule has 1 aliphatic heterocycles. The summed E-state index contributed by atoms with van der Waals surface area (Å²) < 4.78 is 15.6. The number of aryl methyl sites for hydroxylation is 1. The van der Waals surface area contributed by atoms with Gasteiger partial charge in [-0.2, -0.15) is 15.5 Å². The minimum Gasteiger partial charge on any atom is -0.272 e. The van der Waals surface area contributed by atoms with Crippen LogP contribution >= 0.6 is 0 Å². The van der Waals surface area contributed by atoms with Gasteiger partial charge in [0.1, 0.15) is 5.82 Å². The summed E-state index contributed by atoms with van der Waals surface area (Å²) in [6.45, 7) is 0.887. The summed E-state index contributed by atoms with van der Waals surface area (Å²) in [5.74, 6) is -0.288. The van der Waals surface area contributed by atoms with Gasteiger partial charge in [-0.3, -0.25) is 14.5 Å². The van der Waals surface area contributed by atoms with E-state index in [0.29, 0.717) is 23.0 Å². The fourth-order valence-electron chi connectivity index (χ4n) is 6.62. The number of halogens is 1. The van der Waals surface area contributed by atoms with Gasteiger partial charge in [-0.1, -0.05) is 19.3 Å². The molecule has 0 radical (unpaired) electrons. The summed E-state index contributed by atoms with van der Waals surface area (Å²) >= 11 is 0. The predicted octanol–water partition coefficient (Wildman–Crippen LogP) is 5.52. The Morgan fingerprint density at radius 1 is 1.14 bits per heavy atom. The molecule has 3 fully saturated rings. The molecule has 1 amide bonds.